The van der Waals surface area contributed by atoms with Gasteiger partial charge in [-0.2, -0.15) is 0 Å². The lowest BCUT2D eigenvalue weighted by Gasteiger charge is -2.20. The van der Waals surface area contributed by atoms with Gasteiger partial charge >= 0.3 is 0 Å². The minimum atomic E-state index is 0.281. The summed E-state index contributed by atoms with van der Waals surface area (Å²) in [5, 5.41) is 4.44. The molecule has 3 nitrogen and oxygen atoms in total. The molecule has 0 amide bonds. The summed E-state index contributed by atoms with van der Waals surface area (Å²) in [7, 11) is 0. The van der Waals surface area contributed by atoms with Crippen molar-refractivity contribution in [3.63, 3.8) is 0 Å². The van der Waals surface area contributed by atoms with E-state index >= 15 is 0 Å². The molecule has 19 heavy (non-hydrogen) atoms. The van der Waals surface area contributed by atoms with Gasteiger partial charge in [-0.3, -0.25) is 0 Å². The third-order valence-electron chi connectivity index (χ3n) is 3.49. The zero-order chi connectivity index (χ0) is 14.0. The number of nitrogens with one attached hydrogen (secondary N) is 1. The van der Waals surface area contributed by atoms with Crippen molar-refractivity contribution in [2.75, 3.05) is 25.0 Å². The molecular weight excluding hydrogens is 305 g/mol. The van der Waals surface area contributed by atoms with E-state index < -0.39 is 0 Å². The van der Waals surface area contributed by atoms with E-state index in [-0.39, 0.29) is 5.15 Å². The minimum absolute atomic E-state index is 0.281. The number of pyridine rings is 1. The van der Waals surface area contributed by atoms with Crippen molar-refractivity contribution in [1.82, 2.24) is 9.88 Å². The van der Waals surface area contributed by atoms with Gasteiger partial charge in [-0.15, -0.1) is 0 Å². The third-order valence-corrected chi connectivity index (χ3v) is 4.45. The van der Waals surface area contributed by atoms with E-state index in [0.29, 0.717) is 27.8 Å². The van der Waals surface area contributed by atoms with Gasteiger partial charge in [0.1, 0.15) is 11.0 Å². The Morgan fingerprint density at radius 3 is 2.74 bits per heavy atom. The van der Waals surface area contributed by atoms with Crippen LogP contribution in [0.15, 0.2) is 6.07 Å². The van der Waals surface area contributed by atoms with Gasteiger partial charge in [0.15, 0.2) is 0 Å². The Kier molecular flexibility index (Phi) is 5.18. The Hall–Kier alpha value is -0.220. The Morgan fingerprint density at radius 2 is 2.11 bits per heavy atom. The molecule has 1 aromatic rings. The van der Waals surface area contributed by atoms with E-state index in [4.69, 9.17) is 34.8 Å². The second-order valence-corrected chi connectivity index (χ2v) is 6.39. The van der Waals surface area contributed by atoms with Crippen molar-refractivity contribution in [3.8, 4) is 0 Å². The predicted molar refractivity (Wildman–Crippen MR) is 82.6 cm³/mol. The molecule has 0 spiro atoms. The fourth-order valence-corrected chi connectivity index (χ4v) is 2.87. The van der Waals surface area contributed by atoms with E-state index in [0.717, 1.165) is 19.6 Å². The molecular formula is C13H18Cl3N3. The zero-order valence-corrected chi connectivity index (χ0v) is 13.4. The number of hydrogen-bond donors (Lipinski definition) is 1. The SMILES string of the molecule is CC(C)N1CCC(CNc2nc(Cl)c(Cl)cc2Cl)C1. The molecule has 1 aromatic heterocycles. The lowest BCUT2D eigenvalue weighted by molar-refractivity contribution is 0.266. The average molecular weight is 323 g/mol. The molecule has 2 rings (SSSR count). The quantitative estimate of drug-likeness (QED) is 0.843. The van der Waals surface area contributed by atoms with Crippen LogP contribution in [0.2, 0.25) is 15.2 Å². The Balaban J connectivity index is 1.91. The molecule has 106 valence electrons. The van der Waals surface area contributed by atoms with Gasteiger partial charge in [-0.25, -0.2) is 4.98 Å². The van der Waals surface area contributed by atoms with Crippen LogP contribution >= 0.6 is 34.8 Å². The summed E-state index contributed by atoms with van der Waals surface area (Å²) >= 11 is 17.8. The van der Waals surface area contributed by atoms with E-state index in [1.54, 1.807) is 6.07 Å². The molecule has 1 N–H and O–H groups in total. The first kappa shape index (κ1) is 15.2. The van der Waals surface area contributed by atoms with Crippen molar-refractivity contribution in [2.45, 2.75) is 26.3 Å². The van der Waals surface area contributed by atoms with Crippen LogP contribution in [0.1, 0.15) is 20.3 Å². The average Bonchev–Trinajstić information content (AvgIpc) is 2.81. The van der Waals surface area contributed by atoms with E-state index in [1.807, 2.05) is 0 Å². The fourth-order valence-electron chi connectivity index (χ4n) is 2.31. The van der Waals surface area contributed by atoms with Crippen molar-refractivity contribution in [2.24, 2.45) is 5.92 Å². The van der Waals surface area contributed by atoms with Crippen LogP contribution in [-0.2, 0) is 0 Å². The van der Waals surface area contributed by atoms with Crippen LogP contribution in [-0.4, -0.2) is 35.6 Å². The van der Waals surface area contributed by atoms with Crippen LogP contribution < -0.4 is 5.32 Å². The number of aromatic nitrogens is 1. The largest absolute Gasteiger partial charge is 0.368 e. The lowest BCUT2D eigenvalue weighted by atomic mass is 10.1. The first-order valence-electron chi connectivity index (χ1n) is 6.47. The van der Waals surface area contributed by atoms with Crippen molar-refractivity contribution >= 4 is 40.6 Å². The van der Waals surface area contributed by atoms with Gasteiger partial charge in [-0.05, 0) is 38.8 Å². The second-order valence-electron chi connectivity index (χ2n) is 5.22. The zero-order valence-electron chi connectivity index (χ0n) is 11.1. The van der Waals surface area contributed by atoms with Gasteiger partial charge in [0.25, 0.3) is 0 Å². The number of rotatable bonds is 4. The summed E-state index contributed by atoms with van der Waals surface area (Å²) in [5.41, 5.74) is 0. The Labute approximate surface area is 129 Å². The normalized spacial score (nSPS) is 20.2. The topological polar surface area (TPSA) is 28.2 Å². The first-order chi connectivity index (χ1) is 8.97. The Morgan fingerprint density at radius 1 is 1.37 bits per heavy atom. The summed E-state index contributed by atoms with van der Waals surface area (Å²) in [6.07, 6.45) is 1.20. The monoisotopic (exact) mass is 321 g/mol. The molecule has 1 saturated heterocycles. The van der Waals surface area contributed by atoms with Gasteiger partial charge in [0, 0.05) is 19.1 Å². The van der Waals surface area contributed by atoms with Crippen LogP contribution in [0, 0.1) is 5.92 Å². The molecule has 0 saturated carbocycles. The van der Waals surface area contributed by atoms with E-state index in [9.17, 15) is 0 Å². The van der Waals surface area contributed by atoms with Crippen LogP contribution in [0.25, 0.3) is 0 Å². The molecule has 1 aliphatic rings. The highest BCUT2D eigenvalue weighted by atomic mass is 35.5. The van der Waals surface area contributed by atoms with Crippen LogP contribution in [0.5, 0.6) is 0 Å². The van der Waals surface area contributed by atoms with Gasteiger partial charge in [0.05, 0.1) is 10.0 Å². The summed E-state index contributed by atoms with van der Waals surface area (Å²) in [4.78, 5) is 6.65. The maximum atomic E-state index is 6.09. The highest BCUT2D eigenvalue weighted by Gasteiger charge is 2.24. The van der Waals surface area contributed by atoms with E-state index in [1.165, 1.54) is 6.42 Å². The summed E-state index contributed by atoms with van der Waals surface area (Å²) in [5.74, 6) is 1.23. The van der Waals surface area contributed by atoms with Crippen LogP contribution in [0.3, 0.4) is 0 Å². The third kappa shape index (κ3) is 3.88. The minimum Gasteiger partial charge on any atom is -0.368 e. The Bertz CT molecular complexity index is 451. The molecule has 0 aliphatic carbocycles. The van der Waals surface area contributed by atoms with Gasteiger partial charge in [0.2, 0.25) is 0 Å². The van der Waals surface area contributed by atoms with E-state index in [2.05, 4.69) is 29.0 Å². The summed E-state index contributed by atoms with van der Waals surface area (Å²) in [6, 6.07) is 2.23. The standard InChI is InChI=1S/C13H18Cl3N3/c1-8(2)19-4-3-9(7-19)6-17-13-11(15)5-10(14)12(16)18-13/h5,8-9H,3-4,6-7H2,1-2H3,(H,17,18). The fraction of sp³-hybridized carbons (Fsp3) is 0.615. The number of anilines is 1. The summed E-state index contributed by atoms with van der Waals surface area (Å²) in [6.45, 7) is 7.59. The van der Waals surface area contributed by atoms with Gasteiger partial charge in [-0.1, -0.05) is 34.8 Å². The molecule has 0 aromatic carbocycles. The first-order valence-corrected chi connectivity index (χ1v) is 7.60. The number of nitrogens with zero attached hydrogens (tertiary/aromatic N) is 2. The number of hydrogen-bond acceptors (Lipinski definition) is 3. The summed E-state index contributed by atoms with van der Waals surface area (Å²) < 4.78 is 0. The molecule has 0 radical (unpaired) electrons. The predicted octanol–water partition coefficient (Wildman–Crippen LogP) is 4.18. The lowest BCUT2D eigenvalue weighted by Crippen LogP contribution is -2.29. The molecule has 1 aliphatic heterocycles. The van der Waals surface area contributed by atoms with Gasteiger partial charge < -0.3 is 10.2 Å². The number of halogens is 3. The molecule has 1 unspecified atom stereocenters. The maximum absolute atomic E-state index is 6.09. The number of likely N-dealkylation sites (tertiary alicyclic amines) is 1. The highest BCUT2D eigenvalue weighted by Crippen LogP contribution is 2.29. The van der Waals surface area contributed by atoms with Crippen molar-refractivity contribution < 1.29 is 0 Å². The molecule has 6 heteroatoms. The van der Waals surface area contributed by atoms with Crippen molar-refractivity contribution in [1.29, 1.82) is 0 Å². The molecule has 1 atom stereocenters. The highest BCUT2D eigenvalue weighted by molar-refractivity contribution is 6.42. The maximum Gasteiger partial charge on any atom is 0.150 e. The second kappa shape index (κ2) is 6.49. The molecule has 0 bridgehead atoms. The smallest absolute Gasteiger partial charge is 0.150 e. The molecule has 1 fully saturated rings. The molecule has 2 heterocycles. The van der Waals surface area contributed by atoms with Crippen LogP contribution in [0.4, 0.5) is 5.82 Å². The van der Waals surface area contributed by atoms with Crippen molar-refractivity contribution in [3.05, 3.63) is 21.3 Å².